The topological polar surface area (TPSA) is 36.4 Å². The number of anilines is 1. The third-order valence-corrected chi connectivity index (χ3v) is 3.37. The van der Waals surface area contributed by atoms with Crippen LogP contribution in [0.25, 0.3) is 0 Å². The summed E-state index contributed by atoms with van der Waals surface area (Å²) in [5.74, 6) is 0. The molecule has 0 fully saturated rings. The van der Waals surface area contributed by atoms with E-state index < -0.39 is 6.10 Å². The lowest BCUT2D eigenvalue weighted by molar-refractivity contribution is 0.199. The molecular weight excluding hydrogens is 260 g/mol. The molecule has 0 radical (unpaired) electrons. The number of hydrogen-bond acceptors (Lipinski definition) is 3. The average molecular weight is 277 g/mol. The van der Waals surface area contributed by atoms with E-state index in [4.69, 9.17) is 11.6 Å². The van der Waals surface area contributed by atoms with Crippen LogP contribution in [-0.4, -0.2) is 17.1 Å². The Morgan fingerprint density at radius 1 is 1.26 bits per heavy atom. The summed E-state index contributed by atoms with van der Waals surface area (Å²) in [5.41, 5.74) is 2.96. The minimum Gasteiger partial charge on any atom is -0.389 e. The Labute approximate surface area is 118 Å². The zero-order valence-electron chi connectivity index (χ0n) is 11.0. The number of benzene rings is 1. The highest BCUT2D eigenvalue weighted by atomic mass is 35.5. The van der Waals surface area contributed by atoms with Crippen LogP contribution in [0.4, 0.5) is 5.69 Å². The molecule has 19 heavy (non-hydrogen) atoms. The normalized spacial score (nSPS) is 12.2. The fraction of sp³-hybridized carbons (Fsp3) is 0.267. The molecule has 0 aliphatic heterocycles. The van der Waals surface area contributed by atoms with Crippen molar-refractivity contribution in [2.45, 2.75) is 19.6 Å². The second-order valence-corrected chi connectivity index (χ2v) is 5.00. The van der Waals surface area contributed by atoms with E-state index in [0.717, 1.165) is 17.8 Å². The van der Waals surface area contributed by atoms with E-state index in [1.807, 2.05) is 37.4 Å². The molecule has 4 heteroatoms. The maximum absolute atomic E-state index is 9.56. The van der Waals surface area contributed by atoms with Crippen LogP contribution in [0.15, 0.2) is 42.7 Å². The standard InChI is InChI=1S/C15H17ClN2O/c1-11(19)14-4-3-13(9-15(14)16)18(2)10-12-5-7-17-8-6-12/h3-9,11,19H,10H2,1-2H3. The van der Waals surface area contributed by atoms with Crippen LogP contribution in [-0.2, 0) is 6.54 Å². The van der Waals surface area contributed by atoms with Gasteiger partial charge in [-0.3, -0.25) is 4.98 Å². The summed E-state index contributed by atoms with van der Waals surface area (Å²) in [4.78, 5) is 6.11. The Hall–Kier alpha value is -1.58. The number of aliphatic hydroxyl groups excluding tert-OH is 1. The van der Waals surface area contributed by atoms with Crippen LogP contribution < -0.4 is 4.90 Å². The first kappa shape index (κ1) is 13.8. The lowest BCUT2D eigenvalue weighted by atomic mass is 10.1. The van der Waals surface area contributed by atoms with Crippen LogP contribution in [0, 0.1) is 0 Å². The van der Waals surface area contributed by atoms with Crippen molar-refractivity contribution in [3.8, 4) is 0 Å². The van der Waals surface area contributed by atoms with Gasteiger partial charge in [0.1, 0.15) is 0 Å². The summed E-state index contributed by atoms with van der Waals surface area (Å²) in [6.45, 7) is 2.49. The maximum atomic E-state index is 9.56. The first-order valence-corrected chi connectivity index (χ1v) is 6.53. The number of pyridine rings is 1. The molecule has 0 saturated heterocycles. The fourth-order valence-electron chi connectivity index (χ4n) is 1.95. The molecule has 1 atom stereocenters. The molecule has 2 rings (SSSR count). The second-order valence-electron chi connectivity index (χ2n) is 4.59. The molecule has 1 aromatic carbocycles. The zero-order valence-corrected chi connectivity index (χ0v) is 11.8. The highest BCUT2D eigenvalue weighted by Gasteiger charge is 2.09. The van der Waals surface area contributed by atoms with Gasteiger partial charge in [0, 0.05) is 36.7 Å². The third-order valence-electron chi connectivity index (χ3n) is 3.04. The first-order chi connectivity index (χ1) is 9.08. The summed E-state index contributed by atoms with van der Waals surface area (Å²) >= 11 is 6.17. The molecule has 0 spiro atoms. The van der Waals surface area contributed by atoms with Gasteiger partial charge in [-0.1, -0.05) is 17.7 Å². The Kier molecular flexibility index (Phi) is 4.40. The van der Waals surface area contributed by atoms with Crippen LogP contribution in [0.2, 0.25) is 5.02 Å². The SMILES string of the molecule is CC(O)c1ccc(N(C)Cc2ccncc2)cc1Cl. The smallest absolute Gasteiger partial charge is 0.0776 e. The Morgan fingerprint density at radius 2 is 1.95 bits per heavy atom. The molecule has 1 unspecified atom stereocenters. The van der Waals surface area contributed by atoms with Gasteiger partial charge >= 0.3 is 0 Å². The van der Waals surface area contributed by atoms with Crippen molar-refractivity contribution >= 4 is 17.3 Å². The third kappa shape index (κ3) is 3.46. The molecule has 100 valence electrons. The maximum Gasteiger partial charge on any atom is 0.0776 e. The van der Waals surface area contributed by atoms with Crippen LogP contribution in [0.3, 0.4) is 0 Å². The van der Waals surface area contributed by atoms with E-state index >= 15 is 0 Å². The Bertz CT molecular complexity index is 543. The van der Waals surface area contributed by atoms with E-state index in [1.165, 1.54) is 5.56 Å². The molecule has 0 aliphatic rings. The highest BCUT2D eigenvalue weighted by Crippen LogP contribution is 2.27. The molecule has 1 heterocycles. The molecule has 1 N–H and O–H groups in total. The van der Waals surface area contributed by atoms with E-state index in [-0.39, 0.29) is 0 Å². The number of halogens is 1. The quantitative estimate of drug-likeness (QED) is 0.929. The van der Waals surface area contributed by atoms with Gasteiger partial charge in [-0.05, 0) is 42.3 Å². The first-order valence-electron chi connectivity index (χ1n) is 6.15. The number of rotatable bonds is 4. The molecule has 0 bridgehead atoms. The molecule has 0 saturated carbocycles. The minimum absolute atomic E-state index is 0.549. The zero-order chi connectivity index (χ0) is 13.8. The van der Waals surface area contributed by atoms with E-state index in [0.29, 0.717) is 5.02 Å². The summed E-state index contributed by atoms with van der Waals surface area (Å²) in [6, 6.07) is 9.69. The summed E-state index contributed by atoms with van der Waals surface area (Å²) in [5, 5.41) is 10.2. The van der Waals surface area contributed by atoms with Gasteiger partial charge in [0.25, 0.3) is 0 Å². The van der Waals surface area contributed by atoms with Crippen molar-refractivity contribution in [3.63, 3.8) is 0 Å². The number of nitrogens with zero attached hydrogens (tertiary/aromatic N) is 2. The predicted octanol–water partition coefficient (Wildman–Crippen LogP) is 3.42. The van der Waals surface area contributed by atoms with Crippen molar-refractivity contribution in [1.82, 2.24) is 4.98 Å². The van der Waals surface area contributed by atoms with Gasteiger partial charge in [-0.25, -0.2) is 0 Å². The van der Waals surface area contributed by atoms with E-state index in [9.17, 15) is 5.11 Å². The van der Waals surface area contributed by atoms with Gasteiger partial charge in [-0.15, -0.1) is 0 Å². The molecule has 3 nitrogen and oxygen atoms in total. The fourth-order valence-corrected chi connectivity index (χ4v) is 2.28. The van der Waals surface area contributed by atoms with E-state index in [2.05, 4.69) is 9.88 Å². The van der Waals surface area contributed by atoms with Gasteiger partial charge in [0.15, 0.2) is 0 Å². The lowest BCUT2D eigenvalue weighted by Gasteiger charge is -2.20. The molecule has 1 aromatic heterocycles. The van der Waals surface area contributed by atoms with Crippen LogP contribution in [0.1, 0.15) is 24.2 Å². The molecule has 0 amide bonds. The minimum atomic E-state index is -0.549. The Balaban J connectivity index is 2.16. The molecule has 0 aliphatic carbocycles. The highest BCUT2D eigenvalue weighted by molar-refractivity contribution is 6.31. The van der Waals surface area contributed by atoms with Gasteiger partial charge < -0.3 is 10.0 Å². The average Bonchev–Trinajstić information content (AvgIpc) is 2.39. The Morgan fingerprint density at radius 3 is 2.53 bits per heavy atom. The molecular formula is C15H17ClN2O. The second kappa shape index (κ2) is 6.04. The van der Waals surface area contributed by atoms with E-state index in [1.54, 1.807) is 19.3 Å². The van der Waals surface area contributed by atoms with Crippen molar-refractivity contribution in [3.05, 3.63) is 58.9 Å². The number of aliphatic hydroxyl groups is 1. The van der Waals surface area contributed by atoms with Gasteiger partial charge in [0.05, 0.1) is 6.10 Å². The van der Waals surface area contributed by atoms with Crippen LogP contribution >= 0.6 is 11.6 Å². The number of hydrogen-bond donors (Lipinski definition) is 1. The summed E-state index contributed by atoms with van der Waals surface area (Å²) in [6.07, 6.45) is 3.02. The van der Waals surface area contributed by atoms with Crippen molar-refractivity contribution in [1.29, 1.82) is 0 Å². The largest absolute Gasteiger partial charge is 0.389 e. The molecule has 2 aromatic rings. The van der Waals surface area contributed by atoms with Crippen molar-refractivity contribution < 1.29 is 5.11 Å². The monoisotopic (exact) mass is 276 g/mol. The van der Waals surface area contributed by atoms with Crippen LogP contribution in [0.5, 0.6) is 0 Å². The summed E-state index contributed by atoms with van der Waals surface area (Å²) < 4.78 is 0. The van der Waals surface area contributed by atoms with Gasteiger partial charge in [-0.2, -0.15) is 0 Å². The predicted molar refractivity (Wildman–Crippen MR) is 78.4 cm³/mol. The van der Waals surface area contributed by atoms with Gasteiger partial charge in [0.2, 0.25) is 0 Å². The number of aromatic nitrogens is 1. The summed E-state index contributed by atoms with van der Waals surface area (Å²) in [7, 11) is 2.01. The lowest BCUT2D eigenvalue weighted by Crippen LogP contribution is -2.16. The van der Waals surface area contributed by atoms with Crippen molar-refractivity contribution in [2.75, 3.05) is 11.9 Å². The van der Waals surface area contributed by atoms with Crippen molar-refractivity contribution in [2.24, 2.45) is 0 Å².